The Labute approximate surface area is 150 Å². The van der Waals surface area contributed by atoms with Gasteiger partial charge in [0.2, 0.25) is 10.0 Å². The number of pyridine rings is 1. The molecule has 1 saturated heterocycles. The van der Waals surface area contributed by atoms with Crippen LogP contribution in [0.25, 0.3) is 0 Å². The summed E-state index contributed by atoms with van der Waals surface area (Å²) in [6.45, 7) is 0.376. The molecular weight excluding hydrogens is 360 g/mol. The molecule has 1 aliphatic heterocycles. The first kappa shape index (κ1) is 18.3. The molecule has 2 N–H and O–H groups in total. The quantitative estimate of drug-likeness (QED) is 0.787. The summed E-state index contributed by atoms with van der Waals surface area (Å²) >= 11 is 0. The zero-order valence-corrected chi connectivity index (χ0v) is 14.6. The lowest BCUT2D eigenvalue weighted by Gasteiger charge is -2.33. The van der Waals surface area contributed by atoms with Gasteiger partial charge >= 0.3 is 5.97 Å². The van der Waals surface area contributed by atoms with E-state index in [4.69, 9.17) is 9.47 Å². The van der Waals surface area contributed by atoms with Crippen molar-refractivity contribution in [2.75, 3.05) is 13.2 Å². The van der Waals surface area contributed by atoms with E-state index in [1.807, 2.05) is 0 Å². The smallest absolute Gasteiger partial charge is 0.325 e. The van der Waals surface area contributed by atoms with Crippen molar-refractivity contribution >= 4 is 16.0 Å². The molecule has 2 heterocycles. The molecule has 8 nitrogen and oxygen atoms in total. The van der Waals surface area contributed by atoms with E-state index in [0.29, 0.717) is 11.5 Å². The maximum Gasteiger partial charge on any atom is 0.325 e. The van der Waals surface area contributed by atoms with Crippen molar-refractivity contribution in [3.05, 3.63) is 48.8 Å². The molecule has 1 aromatic heterocycles. The Morgan fingerprint density at radius 2 is 1.65 bits per heavy atom. The number of hydrogen-bond donors (Lipinski definition) is 2. The molecule has 0 amide bonds. The highest BCUT2D eigenvalue weighted by Gasteiger charge is 2.43. The predicted molar refractivity (Wildman–Crippen MR) is 91.5 cm³/mol. The maximum absolute atomic E-state index is 12.6. The number of carboxylic acids is 1. The molecule has 1 fully saturated rings. The molecular formula is C17H18N2O6S. The summed E-state index contributed by atoms with van der Waals surface area (Å²) in [4.78, 5) is 15.5. The van der Waals surface area contributed by atoms with Crippen molar-refractivity contribution in [2.45, 2.75) is 23.3 Å². The molecule has 0 unspecified atom stereocenters. The van der Waals surface area contributed by atoms with Crippen LogP contribution >= 0.6 is 0 Å². The van der Waals surface area contributed by atoms with E-state index in [2.05, 4.69) is 9.71 Å². The van der Waals surface area contributed by atoms with Crippen LogP contribution in [0.15, 0.2) is 53.7 Å². The lowest BCUT2D eigenvalue weighted by Crippen LogP contribution is -2.57. The predicted octanol–water partition coefficient (Wildman–Crippen LogP) is 1.79. The molecule has 0 bridgehead atoms. The van der Waals surface area contributed by atoms with Crippen molar-refractivity contribution in [2.24, 2.45) is 0 Å². The third-order valence-corrected chi connectivity index (χ3v) is 5.66. The summed E-state index contributed by atoms with van der Waals surface area (Å²) in [5.41, 5.74) is -1.55. The summed E-state index contributed by atoms with van der Waals surface area (Å²) in [5.74, 6) is -0.183. The van der Waals surface area contributed by atoms with Crippen LogP contribution in [-0.2, 0) is 19.6 Å². The minimum atomic E-state index is -4.00. The van der Waals surface area contributed by atoms with Gasteiger partial charge in [-0.25, -0.2) is 8.42 Å². The number of carboxylic acid groups (broad SMARTS) is 1. The van der Waals surface area contributed by atoms with Gasteiger partial charge in [-0.15, -0.1) is 0 Å². The highest BCUT2D eigenvalue weighted by atomic mass is 32.2. The number of sulfonamides is 1. The molecule has 1 aromatic carbocycles. The number of nitrogens with one attached hydrogen (secondary N) is 1. The van der Waals surface area contributed by atoms with Crippen LogP contribution in [0.3, 0.4) is 0 Å². The Morgan fingerprint density at radius 1 is 1.08 bits per heavy atom. The molecule has 3 rings (SSSR count). The van der Waals surface area contributed by atoms with Gasteiger partial charge in [-0.1, -0.05) is 0 Å². The number of nitrogens with zero attached hydrogens (tertiary/aromatic N) is 1. The molecule has 0 spiro atoms. The SMILES string of the molecule is O=C(O)C1(NS(=O)(=O)c2ccc(Oc3ccncc3)cc2)CCOCC1. The fourth-order valence-electron chi connectivity index (χ4n) is 2.62. The monoisotopic (exact) mass is 378 g/mol. The molecule has 0 atom stereocenters. The van der Waals surface area contributed by atoms with Crippen LogP contribution in [0.4, 0.5) is 0 Å². The number of benzene rings is 1. The minimum Gasteiger partial charge on any atom is -0.480 e. The standard InChI is InChI=1S/C17H18N2O6S/c20-16(21)17(7-11-24-12-8-17)19-26(22,23)15-3-1-13(2-4-15)25-14-5-9-18-10-6-14/h1-6,9-10,19H,7-8,11-12H2,(H,20,21). The lowest BCUT2D eigenvalue weighted by molar-refractivity contribution is -0.147. The van der Waals surface area contributed by atoms with Gasteiger partial charge in [0.1, 0.15) is 17.0 Å². The van der Waals surface area contributed by atoms with Gasteiger partial charge in [0.15, 0.2) is 0 Å². The van der Waals surface area contributed by atoms with E-state index in [-0.39, 0.29) is 31.0 Å². The van der Waals surface area contributed by atoms with E-state index in [1.165, 1.54) is 24.3 Å². The number of ether oxygens (including phenoxy) is 2. The fourth-order valence-corrected chi connectivity index (χ4v) is 4.04. The van der Waals surface area contributed by atoms with E-state index < -0.39 is 21.5 Å². The molecule has 26 heavy (non-hydrogen) atoms. The van der Waals surface area contributed by atoms with Crippen LogP contribution in [0.1, 0.15) is 12.8 Å². The van der Waals surface area contributed by atoms with Gasteiger partial charge in [-0.05, 0) is 36.4 Å². The van der Waals surface area contributed by atoms with Crippen LogP contribution < -0.4 is 9.46 Å². The average Bonchev–Trinajstić information content (AvgIpc) is 2.63. The van der Waals surface area contributed by atoms with Crippen molar-refractivity contribution in [1.29, 1.82) is 0 Å². The Morgan fingerprint density at radius 3 is 2.23 bits per heavy atom. The van der Waals surface area contributed by atoms with Crippen molar-refractivity contribution in [3.8, 4) is 11.5 Å². The lowest BCUT2D eigenvalue weighted by atomic mass is 9.92. The molecule has 1 aliphatic rings. The van der Waals surface area contributed by atoms with Crippen LogP contribution in [0.5, 0.6) is 11.5 Å². The van der Waals surface area contributed by atoms with Crippen molar-refractivity contribution in [3.63, 3.8) is 0 Å². The van der Waals surface area contributed by atoms with Crippen molar-refractivity contribution < 1.29 is 27.8 Å². The Hall–Kier alpha value is -2.49. The molecule has 0 aliphatic carbocycles. The number of rotatable bonds is 6. The van der Waals surface area contributed by atoms with Gasteiger partial charge < -0.3 is 14.6 Å². The first-order valence-electron chi connectivity index (χ1n) is 7.94. The third kappa shape index (κ3) is 4.01. The first-order valence-corrected chi connectivity index (χ1v) is 9.43. The number of hydrogen-bond acceptors (Lipinski definition) is 6. The fraction of sp³-hybridized carbons (Fsp3) is 0.294. The second-order valence-electron chi connectivity index (χ2n) is 5.86. The topological polar surface area (TPSA) is 115 Å². The molecule has 0 radical (unpaired) electrons. The zero-order chi connectivity index (χ0) is 18.6. The number of aliphatic carboxylic acids is 1. The Balaban J connectivity index is 1.77. The Kier molecular flexibility index (Phi) is 5.21. The first-order chi connectivity index (χ1) is 12.4. The average molecular weight is 378 g/mol. The number of carbonyl (C=O) groups is 1. The number of aromatic nitrogens is 1. The van der Waals surface area contributed by atoms with Crippen LogP contribution in [0.2, 0.25) is 0 Å². The third-order valence-electron chi connectivity index (χ3n) is 4.10. The van der Waals surface area contributed by atoms with Gasteiger partial charge in [0.05, 0.1) is 4.90 Å². The van der Waals surface area contributed by atoms with Crippen LogP contribution in [-0.4, -0.2) is 43.2 Å². The maximum atomic E-state index is 12.6. The van der Waals surface area contributed by atoms with E-state index in [9.17, 15) is 18.3 Å². The van der Waals surface area contributed by atoms with Crippen molar-refractivity contribution in [1.82, 2.24) is 9.71 Å². The largest absolute Gasteiger partial charge is 0.480 e. The van der Waals surface area contributed by atoms with Gasteiger partial charge in [-0.3, -0.25) is 9.78 Å². The van der Waals surface area contributed by atoms with Gasteiger partial charge in [-0.2, -0.15) is 4.72 Å². The van der Waals surface area contributed by atoms with Gasteiger partial charge in [0.25, 0.3) is 0 Å². The highest BCUT2D eigenvalue weighted by molar-refractivity contribution is 7.89. The molecule has 2 aromatic rings. The van der Waals surface area contributed by atoms with Gasteiger partial charge in [0, 0.05) is 38.4 Å². The normalized spacial score (nSPS) is 16.8. The molecule has 9 heteroatoms. The van der Waals surface area contributed by atoms with E-state index in [0.717, 1.165) is 0 Å². The summed E-state index contributed by atoms with van der Waals surface area (Å²) in [6.07, 6.45) is 3.31. The van der Waals surface area contributed by atoms with Crippen LogP contribution in [0, 0.1) is 0 Å². The molecule has 0 saturated carbocycles. The Bertz CT molecular complexity index is 862. The van der Waals surface area contributed by atoms with E-state index >= 15 is 0 Å². The van der Waals surface area contributed by atoms with E-state index in [1.54, 1.807) is 24.5 Å². The summed E-state index contributed by atoms with van der Waals surface area (Å²) in [6, 6.07) is 9.10. The minimum absolute atomic E-state index is 0.0355. The summed E-state index contributed by atoms with van der Waals surface area (Å²) in [7, 11) is -4.00. The zero-order valence-electron chi connectivity index (χ0n) is 13.8. The second kappa shape index (κ2) is 7.40. The summed E-state index contributed by atoms with van der Waals surface area (Å²) in [5, 5.41) is 9.50. The second-order valence-corrected chi connectivity index (χ2v) is 7.54. The summed E-state index contributed by atoms with van der Waals surface area (Å²) < 4.78 is 38.3. The molecule has 138 valence electrons. The highest BCUT2D eigenvalue weighted by Crippen LogP contribution is 2.26.